The summed E-state index contributed by atoms with van der Waals surface area (Å²) in [7, 11) is 0. The van der Waals surface area contributed by atoms with Crippen molar-refractivity contribution in [2.45, 2.75) is 204 Å². The first-order valence-corrected chi connectivity index (χ1v) is 23.8. The normalized spacial score (nSPS) is 53.7. The molecule has 3 saturated heterocycles. The minimum Gasteiger partial charge on any atom is -0.394 e. The highest BCUT2D eigenvalue weighted by Crippen LogP contribution is 2.74. The van der Waals surface area contributed by atoms with Crippen molar-refractivity contribution in [3.05, 3.63) is 11.6 Å². The molecule has 0 aromatic rings. The average Bonchev–Trinajstić information content (AvgIpc) is 3.61. The van der Waals surface area contributed by atoms with E-state index in [4.69, 9.17) is 23.7 Å². The highest BCUT2D eigenvalue weighted by Gasteiger charge is 2.73. The first-order valence-electron chi connectivity index (χ1n) is 23.8. The summed E-state index contributed by atoms with van der Waals surface area (Å²) in [5.41, 5.74) is -1.24. The van der Waals surface area contributed by atoms with Gasteiger partial charge in [-0.05, 0) is 124 Å². The van der Waals surface area contributed by atoms with Crippen LogP contribution in [0.2, 0.25) is 0 Å². The predicted octanol–water partition coefficient (Wildman–Crippen LogP) is 0.0617. The molecule has 7 rings (SSSR count). The summed E-state index contributed by atoms with van der Waals surface area (Å²) in [6.45, 7) is 14.9. The lowest BCUT2D eigenvalue weighted by molar-refractivity contribution is -0.461. The second-order valence-corrected chi connectivity index (χ2v) is 22.6. The maximum atomic E-state index is 12.4. The second-order valence-electron chi connectivity index (χ2n) is 22.6. The molecule has 7 unspecified atom stereocenters. The van der Waals surface area contributed by atoms with Crippen molar-refractivity contribution in [2.24, 2.45) is 57.7 Å². The van der Waals surface area contributed by atoms with Crippen molar-refractivity contribution in [1.29, 1.82) is 0 Å². The standard InChI is InChI=1S/C47H80O17/c1-21(2)10-9-13-46(8,59)23-11-14-44(6)24-16-22(3)39-43(4,5)30(12-15-45(39,7)25(24)17-26(50)31(23)44)47(64-41-37(57)32(52)27(51)20-60-41)40(36(56)34(54)29(19-49)63-47)62-42-38(58)35(55)33(53)28(18-48)61-42/h10,22-42,48-59H,9,11-20H2,1-8H3/t22?,23?,24?,25?,26-,27+,28+,29+,30?,31?,32-,33+,34+,35-,36-,37+,38+,39?,40+,41-,42-,44+,45+,46-,47-/m0/s1. The third kappa shape index (κ3) is 8.28. The molecule has 17 heteroatoms. The molecule has 0 amide bonds. The summed E-state index contributed by atoms with van der Waals surface area (Å²) in [4.78, 5) is 0. The molecule has 0 spiro atoms. The lowest BCUT2D eigenvalue weighted by atomic mass is 9.36. The van der Waals surface area contributed by atoms with Gasteiger partial charge >= 0.3 is 0 Å². The number of hydrogen-bond donors (Lipinski definition) is 12. The molecule has 25 atom stereocenters. The first-order chi connectivity index (χ1) is 29.8. The van der Waals surface area contributed by atoms with Gasteiger partial charge in [-0.1, -0.05) is 46.3 Å². The Hall–Kier alpha value is -0.940. The summed E-state index contributed by atoms with van der Waals surface area (Å²) in [6, 6.07) is 0. The van der Waals surface area contributed by atoms with Gasteiger partial charge in [0.05, 0.1) is 31.5 Å². The number of ether oxygens (including phenoxy) is 5. The molecule has 0 radical (unpaired) electrons. The first kappa shape index (κ1) is 50.9. The Bertz CT molecular complexity index is 1640. The fourth-order valence-electron chi connectivity index (χ4n) is 15.4. The molecular weight excluding hydrogens is 836 g/mol. The number of hydrogen-bond acceptors (Lipinski definition) is 17. The number of rotatable bonds is 11. The molecule has 7 aliphatic rings. The van der Waals surface area contributed by atoms with Gasteiger partial charge < -0.3 is 85.0 Å². The van der Waals surface area contributed by atoms with E-state index in [0.717, 1.165) is 25.7 Å². The van der Waals surface area contributed by atoms with Crippen molar-refractivity contribution in [3.8, 4) is 0 Å². The molecule has 370 valence electrons. The van der Waals surface area contributed by atoms with E-state index in [2.05, 4.69) is 54.5 Å². The van der Waals surface area contributed by atoms with Crippen LogP contribution < -0.4 is 0 Å². The van der Waals surface area contributed by atoms with Crippen molar-refractivity contribution in [2.75, 3.05) is 19.8 Å². The summed E-state index contributed by atoms with van der Waals surface area (Å²) in [5.74, 6) is -3.05. The van der Waals surface area contributed by atoms with Crippen LogP contribution in [-0.4, -0.2) is 178 Å². The molecular formula is C47H80O17. The molecule has 0 bridgehead atoms. The predicted molar refractivity (Wildman–Crippen MR) is 227 cm³/mol. The molecule has 0 aromatic heterocycles. The van der Waals surface area contributed by atoms with E-state index in [1.807, 2.05) is 6.92 Å². The lowest BCUT2D eigenvalue weighted by Crippen LogP contribution is -2.75. The van der Waals surface area contributed by atoms with Crippen molar-refractivity contribution in [1.82, 2.24) is 0 Å². The number of allylic oxidation sites excluding steroid dienone is 2. The van der Waals surface area contributed by atoms with Gasteiger partial charge in [-0.25, -0.2) is 0 Å². The van der Waals surface area contributed by atoms with E-state index < -0.39 is 128 Å². The van der Waals surface area contributed by atoms with E-state index in [9.17, 15) is 61.3 Å². The van der Waals surface area contributed by atoms with Gasteiger partial charge in [0.2, 0.25) is 5.79 Å². The zero-order valence-electron chi connectivity index (χ0n) is 38.9. The topological polar surface area (TPSA) is 289 Å². The Kier molecular flexibility index (Phi) is 14.7. The van der Waals surface area contributed by atoms with E-state index in [-0.39, 0.29) is 46.3 Å². The van der Waals surface area contributed by atoms with Crippen molar-refractivity contribution < 1.29 is 85.0 Å². The average molecular weight is 917 g/mol. The molecule has 3 heterocycles. The largest absolute Gasteiger partial charge is 0.394 e. The summed E-state index contributed by atoms with van der Waals surface area (Å²) in [5, 5.41) is 134. The van der Waals surface area contributed by atoms with Gasteiger partial charge in [0, 0.05) is 5.92 Å². The fraction of sp³-hybridized carbons (Fsp3) is 0.957. The third-order valence-corrected chi connectivity index (χ3v) is 18.2. The zero-order chi connectivity index (χ0) is 47.2. The minimum absolute atomic E-state index is 0.0529. The molecule has 64 heavy (non-hydrogen) atoms. The van der Waals surface area contributed by atoms with Gasteiger partial charge in [0.1, 0.15) is 67.1 Å². The minimum atomic E-state index is -2.29. The Labute approximate surface area is 377 Å². The van der Waals surface area contributed by atoms with Crippen LogP contribution >= 0.6 is 0 Å². The van der Waals surface area contributed by atoms with Crippen LogP contribution in [0, 0.1) is 57.7 Å². The molecule has 4 aliphatic carbocycles. The van der Waals surface area contributed by atoms with Crippen LogP contribution in [0.3, 0.4) is 0 Å². The van der Waals surface area contributed by atoms with Crippen LogP contribution in [0.15, 0.2) is 11.6 Å². The summed E-state index contributed by atoms with van der Waals surface area (Å²) in [6.07, 6.45) is -15.9. The van der Waals surface area contributed by atoms with Gasteiger partial charge in [-0.2, -0.15) is 0 Å². The van der Waals surface area contributed by atoms with E-state index >= 15 is 0 Å². The Morgan fingerprint density at radius 1 is 0.734 bits per heavy atom. The third-order valence-electron chi connectivity index (χ3n) is 18.2. The number of fused-ring (bicyclic) bond motifs is 5. The summed E-state index contributed by atoms with van der Waals surface area (Å²) < 4.78 is 31.4. The summed E-state index contributed by atoms with van der Waals surface area (Å²) >= 11 is 0. The zero-order valence-corrected chi connectivity index (χ0v) is 38.9. The van der Waals surface area contributed by atoms with E-state index in [1.54, 1.807) is 0 Å². The smallest absolute Gasteiger partial charge is 0.204 e. The molecule has 7 fully saturated rings. The van der Waals surface area contributed by atoms with Crippen LogP contribution in [-0.2, 0) is 23.7 Å². The fourth-order valence-corrected chi connectivity index (χ4v) is 15.4. The lowest BCUT2D eigenvalue weighted by Gasteiger charge is -2.70. The number of aliphatic hydroxyl groups is 12. The van der Waals surface area contributed by atoms with E-state index in [0.29, 0.717) is 25.7 Å². The van der Waals surface area contributed by atoms with Gasteiger partial charge in [0.15, 0.2) is 12.6 Å². The highest BCUT2D eigenvalue weighted by atomic mass is 16.8. The molecule has 3 aliphatic heterocycles. The molecule has 17 nitrogen and oxygen atoms in total. The molecule has 0 aromatic carbocycles. The Balaban J connectivity index is 1.28. The molecule has 4 saturated carbocycles. The van der Waals surface area contributed by atoms with Crippen LogP contribution in [0.1, 0.15) is 107 Å². The second kappa shape index (κ2) is 18.4. The van der Waals surface area contributed by atoms with Crippen LogP contribution in [0.4, 0.5) is 0 Å². The van der Waals surface area contributed by atoms with Crippen LogP contribution in [0.25, 0.3) is 0 Å². The van der Waals surface area contributed by atoms with Gasteiger partial charge in [-0.15, -0.1) is 0 Å². The van der Waals surface area contributed by atoms with Crippen molar-refractivity contribution >= 4 is 0 Å². The van der Waals surface area contributed by atoms with Crippen molar-refractivity contribution in [3.63, 3.8) is 0 Å². The highest BCUT2D eigenvalue weighted by molar-refractivity contribution is 5.19. The monoisotopic (exact) mass is 917 g/mol. The Morgan fingerprint density at radius 2 is 1.34 bits per heavy atom. The maximum Gasteiger partial charge on any atom is 0.204 e. The molecule has 12 N–H and O–H groups in total. The maximum absolute atomic E-state index is 12.4. The van der Waals surface area contributed by atoms with Gasteiger partial charge in [-0.3, -0.25) is 0 Å². The number of aliphatic hydroxyl groups excluding tert-OH is 11. The van der Waals surface area contributed by atoms with Gasteiger partial charge in [0.25, 0.3) is 0 Å². The SMILES string of the molecule is CC(C)=CCC[C@](C)(O)C1CC[C@]2(C)C3CC(C)C4C(C)(C)C([C@@]5(O[C@@H]6OC[C@@H](O)[C@H](O)[C@H]6O)O[C@H](CO)[C@@H](O)[C@H](O)[C@H]5O[C@@H]5O[C@H](CO)[C@@H](O)[C@H](O)[C@H]5O)CC[C@]4(C)C3C[C@H](O)C12. The van der Waals surface area contributed by atoms with Crippen LogP contribution in [0.5, 0.6) is 0 Å². The Morgan fingerprint density at radius 3 is 1.98 bits per heavy atom. The van der Waals surface area contributed by atoms with E-state index in [1.165, 1.54) is 5.57 Å². The quantitative estimate of drug-likeness (QED) is 0.122.